The lowest BCUT2D eigenvalue weighted by Crippen LogP contribution is -2.44. The molecule has 3 aromatic rings. The van der Waals surface area contributed by atoms with Gasteiger partial charge in [-0.15, -0.1) is 6.42 Å². The number of hydrogen-bond donors (Lipinski definition) is 2. The highest BCUT2D eigenvalue weighted by Gasteiger charge is 2.43. The average molecular weight is 525 g/mol. The quantitative estimate of drug-likeness (QED) is 0.314. The minimum Gasteiger partial charge on any atom is -0.356 e. The van der Waals surface area contributed by atoms with Gasteiger partial charge in [0, 0.05) is 32.0 Å². The predicted molar refractivity (Wildman–Crippen MR) is 146 cm³/mol. The summed E-state index contributed by atoms with van der Waals surface area (Å²) in [4.78, 5) is 34.4. The number of anilines is 1. The smallest absolute Gasteiger partial charge is 0.352 e. The summed E-state index contributed by atoms with van der Waals surface area (Å²) in [6.07, 6.45) is 5.62. The Hall–Kier alpha value is -3.44. The SMILES string of the molecule is C#CCN(Cc1ccc2nc(C)[nH]c(=O)c2c1)c1ccc(C(=O)NC(C(C)(C)C)P(=O)(OC)OC)cc1. The summed E-state index contributed by atoms with van der Waals surface area (Å²) in [6.45, 7) is 8.06. The molecule has 0 aliphatic carbocycles. The molecule has 1 heterocycles. The van der Waals surface area contributed by atoms with Gasteiger partial charge in [0.1, 0.15) is 11.6 Å². The van der Waals surface area contributed by atoms with Crippen LogP contribution in [0.3, 0.4) is 0 Å². The van der Waals surface area contributed by atoms with Gasteiger partial charge in [-0.3, -0.25) is 14.2 Å². The number of carbonyl (C=O) groups is 1. The minimum absolute atomic E-state index is 0.191. The maximum atomic E-state index is 13.1. The first-order valence-corrected chi connectivity index (χ1v) is 13.3. The number of aromatic nitrogens is 2. The van der Waals surface area contributed by atoms with Gasteiger partial charge in [0.25, 0.3) is 11.5 Å². The Balaban J connectivity index is 1.83. The van der Waals surface area contributed by atoms with Gasteiger partial charge in [0.15, 0.2) is 0 Å². The Labute approximate surface area is 217 Å². The number of fused-ring (bicyclic) bond motifs is 1. The van der Waals surface area contributed by atoms with Crippen LogP contribution in [0, 0.1) is 24.7 Å². The second kappa shape index (κ2) is 11.3. The molecule has 0 spiro atoms. The van der Waals surface area contributed by atoms with E-state index in [1.165, 1.54) is 14.2 Å². The summed E-state index contributed by atoms with van der Waals surface area (Å²) in [7, 11) is -0.978. The van der Waals surface area contributed by atoms with Crippen molar-refractivity contribution in [2.75, 3.05) is 25.7 Å². The summed E-state index contributed by atoms with van der Waals surface area (Å²) in [5.74, 6) is 1.96. The molecule has 1 unspecified atom stereocenters. The molecule has 0 fully saturated rings. The van der Waals surface area contributed by atoms with Crippen molar-refractivity contribution in [3.8, 4) is 12.3 Å². The van der Waals surface area contributed by atoms with Crippen LogP contribution in [-0.2, 0) is 20.2 Å². The Bertz CT molecular complexity index is 1410. The van der Waals surface area contributed by atoms with E-state index in [1.807, 2.05) is 43.9 Å². The maximum Gasteiger partial charge on any atom is 0.352 e. The van der Waals surface area contributed by atoms with Crippen LogP contribution in [-0.4, -0.2) is 42.4 Å². The van der Waals surface area contributed by atoms with E-state index < -0.39 is 24.7 Å². The van der Waals surface area contributed by atoms with Crippen LogP contribution in [0.1, 0.15) is 42.5 Å². The van der Waals surface area contributed by atoms with Gasteiger partial charge in [-0.25, -0.2) is 4.98 Å². The fourth-order valence-electron chi connectivity index (χ4n) is 4.06. The van der Waals surface area contributed by atoms with Gasteiger partial charge in [-0.2, -0.15) is 0 Å². The fraction of sp³-hybridized carbons (Fsp3) is 0.370. The van der Waals surface area contributed by atoms with Gasteiger partial charge in [0.2, 0.25) is 0 Å². The van der Waals surface area contributed by atoms with E-state index in [0.717, 1.165) is 11.3 Å². The molecule has 37 heavy (non-hydrogen) atoms. The van der Waals surface area contributed by atoms with Crippen LogP contribution in [0.25, 0.3) is 10.9 Å². The molecule has 10 heteroatoms. The van der Waals surface area contributed by atoms with E-state index in [9.17, 15) is 14.2 Å². The van der Waals surface area contributed by atoms with Crippen molar-refractivity contribution in [1.82, 2.24) is 15.3 Å². The zero-order valence-corrected chi connectivity index (χ0v) is 22.9. The van der Waals surface area contributed by atoms with Gasteiger partial charge in [0.05, 0.1) is 17.4 Å². The second-order valence-electron chi connectivity index (χ2n) is 9.76. The molecular formula is C27H33N4O5P. The summed E-state index contributed by atoms with van der Waals surface area (Å²) < 4.78 is 23.4. The number of carbonyl (C=O) groups excluding carboxylic acids is 1. The molecule has 2 N–H and O–H groups in total. The fourth-order valence-corrected chi connectivity index (χ4v) is 5.85. The number of H-pyrrole nitrogens is 1. The van der Waals surface area contributed by atoms with Crippen LogP contribution in [0.15, 0.2) is 47.3 Å². The molecule has 2 aromatic carbocycles. The van der Waals surface area contributed by atoms with Gasteiger partial charge in [-0.05, 0) is 54.3 Å². The van der Waals surface area contributed by atoms with E-state index in [0.29, 0.717) is 35.4 Å². The predicted octanol–water partition coefficient (Wildman–Crippen LogP) is 4.46. The molecule has 1 amide bonds. The van der Waals surface area contributed by atoms with Crippen LogP contribution in [0.5, 0.6) is 0 Å². The highest BCUT2D eigenvalue weighted by Crippen LogP contribution is 2.56. The minimum atomic E-state index is -3.58. The first kappa shape index (κ1) is 28.1. The summed E-state index contributed by atoms with van der Waals surface area (Å²) in [6, 6.07) is 12.5. The van der Waals surface area contributed by atoms with Crippen molar-refractivity contribution in [3.63, 3.8) is 0 Å². The third-order valence-electron chi connectivity index (χ3n) is 5.95. The number of nitrogens with one attached hydrogen (secondary N) is 2. The number of aromatic amines is 1. The van der Waals surface area contributed by atoms with Crippen molar-refractivity contribution >= 4 is 30.1 Å². The third kappa shape index (κ3) is 6.47. The Morgan fingerprint density at radius 2 is 1.84 bits per heavy atom. The molecule has 0 saturated carbocycles. The topological polar surface area (TPSA) is 114 Å². The lowest BCUT2D eigenvalue weighted by molar-refractivity contribution is 0.0913. The highest BCUT2D eigenvalue weighted by atomic mass is 31.2. The van der Waals surface area contributed by atoms with Gasteiger partial charge >= 0.3 is 7.60 Å². The standard InChI is InChI=1S/C27H33N4O5P/c1-8-15-31(17-19-9-14-23-22(16-19)25(33)29-18(2)28-23)21-12-10-20(11-13-21)24(32)30-26(27(3,4)5)37(34,35-6)36-7/h1,9-14,16,26H,15,17H2,2-7H3,(H,30,32)(H,28,29,33). The largest absolute Gasteiger partial charge is 0.356 e. The summed E-state index contributed by atoms with van der Waals surface area (Å²) in [5, 5.41) is 3.33. The number of benzene rings is 2. The molecule has 0 radical (unpaired) electrons. The molecule has 0 aliphatic rings. The molecule has 1 atom stereocenters. The second-order valence-corrected chi connectivity index (χ2v) is 12.1. The van der Waals surface area contributed by atoms with E-state index in [1.54, 1.807) is 31.2 Å². The van der Waals surface area contributed by atoms with Crippen LogP contribution in [0.4, 0.5) is 5.69 Å². The van der Waals surface area contributed by atoms with Crippen molar-refractivity contribution < 1.29 is 18.4 Å². The summed E-state index contributed by atoms with van der Waals surface area (Å²) >= 11 is 0. The number of aryl methyl sites for hydroxylation is 1. The number of terminal acetylenes is 1. The zero-order valence-electron chi connectivity index (χ0n) is 22.0. The number of amides is 1. The van der Waals surface area contributed by atoms with Crippen LogP contribution >= 0.6 is 7.60 Å². The molecular weight excluding hydrogens is 491 g/mol. The molecule has 0 aliphatic heterocycles. The molecule has 3 rings (SSSR count). The van der Waals surface area contributed by atoms with Crippen LogP contribution in [0.2, 0.25) is 0 Å². The number of nitrogens with zero attached hydrogens (tertiary/aromatic N) is 2. The molecule has 0 bridgehead atoms. The van der Waals surface area contributed by atoms with Gasteiger partial charge in [-0.1, -0.05) is 32.8 Å². The lowest BCUT2D eigenvalue weighted by atomic mass is 9.96. The van der Waals surface area contributed by atoms with E-state index in [4.69, 9.17) is 15.5 Å². The van der Waals surface area contributed by atoms with Crippen molar-refractivity contribution in [3.05, 3.63) is 69.8 Å². The van der Waals surface area contributed by atoms with Crippen LogP contribution < -0.4 is 15.8 Å². The summed E-state index contributed by atoms with van der Waals surface area (Å²) in [5.41, 5.74) is 1.93. The van der Waals surface area contributed by atoms with E-state index in [2.05, 4.69) is 21.2 Å². The molecule has 1 aromatic heterocycles. The number of hydrogen-bond acceptors (Lipinski definition) is 7. The number of rotatable bonds is 9. The van der Waals surface area contributed by atoms with E-state index >= 15 is 0 Å². The first-order chi connectivity index (χ1) is 17.4. The average Bonchev–Trinajstić information content (AvgIpc) is 2.86. The van der Waals surface area contributed by atoms with Crippen molar-refractivity contribution in [1.29, 1.82) is 0 Å². The van der Waals surface area contributed by atoms with Crippen molar-refractivity contribution in [2.45, 2.75) is 40.0 Å². The first-order valence-electron chi connectivity index (χ1n) is 11.7. The maximum absolute atomic E-state index is 13.1. The Kier molecular flexibility index (Phi) is 8.60. The Morgan fingerprint density at radius 1 is 1.19 bits per heavy atom. The lowest BCUT2D eigenvalue weighted by Gasteiger charge is -2.35. The Morgan fingerprint density at radius 3 is 2.41 bits per heavy atom. The molecule has 0 saturated heterocycles. The third-order valence-corrected chi connectivity index (χ3v) is 8.51. The zero-order chi connectivity index (χ0) is 27.4. The molecule has 9 nitrogen and oxygen atoms in total. The van der Waals surface area contributed by atoms with Crippen molar-refractivity contribution in [2.24, 2.45) is 5.41 Å². The normalized spacial score (nSPS) is 12.7. The molecule has 196 valence electrons. The van der Waals surface area contributed by atoms with Gasteiger partial charge < -0.3 is 24.2 Å². The van der Waals surface area contributed by atoms with E-state index in [-0.39, 0.29) is 5.56 Å². The monoisotopic (exact) mass is 524 g/mol. The highest BCUT2D eigenvalue weighted by molar-refractivity contribution is 7.54.